The van der Waals surface area contributed by atoms with Gasteiger partial charge in [0.05, 0.1) is 11.6 Å². The van der Waals surface area contributed by atoms with Gasteiger partial charge in [0, 0.05) is 38.8 Å². The molecule has 1 aliphatic rings. The second-order valence-corrected chi connectivity index (χ2v) is 9.80. The summed E-state index contributed by atoms with van der Waals surface area (Å²) in [6.07, 6.45) is -6.90. The lowest BCUT2D eigenvalue weighted by Crippen LogP contribution is -2.59. The van der Waals surface area contributed by atoms with Gasteiger partial charge in [0.1, 0.15) is 24.6 Å². The van der Waals surface area contributed by atoms with Gasteiger partial charge in [-0.2, -0.15) is 8.78 Å². The number of alkyl halides is 2. The average Bonchev–Trinajstić information content (AvgIpc) is 2.90. The lowest BCUT2D eigenvalue weighted by atomic mass is 9.88. The Hall–Kier alpha value is -3.77. The second-order valence-electron chi connectivity index (χ2n) is 9.39. The van der Waals surface area contributed by atoms with E-state index in [-0.39, 0.29) is 16.1 Å². The van der Waals surface area contributed by atoms with E-state index in [1.165, 1.54) is 36.4 Å². The molecule has 5 atom stereocenters. The number of esters is 4. The maximum Gasteiger partial charge on any atom is 0.303 e. The summed E-state index contributed by atoms with van der Waals surface area (Å²) in [7, 11) is 0. The highest BCUT2D eigenvalue weighted by atomic mass is 35.5. The third kappa shape index (κ3) is 7.95. The van der Waals surface area contributed by atoms with E-state index in [0.29, 0.717) is 12.4 Å². The molecule has 0 amide bonds. The van der Waals surface area contributed by atoms with Crippen molar-refractivity contribution in [1.29, 1.82) is 0 Å². The summed E-state index contributed by atoms with van der Waals surface area (Å²) in [6.45, 7) is 6.06. The highest BCUT2D eigenvalue weighted by Gasteiger charge is 2.53. The molecule has 0 aromatic heterocycles. The van der Waals surface area contributed by atoms with E-state index in [0.717, 1.165) is 33.8 Å². The van der Waals surface area contributed by atoms with Crippen LogP contribution in [0.2, 0.25) is 5.02 Å². The van der Waals surface area contributed by atoms with Gasteiger partial charge in [0.25, 0.3) is 5.92 Å². The van der Waals surface area contributed by atoms with Crippen LogP contribution < -0.4 is 4.74 Å². The lowest BCUT2D eigenvalue weighted by Gasteiger charge is -2.44. The van der Waals surface area contributed by atoms with E-state index in [9.17, 15) is 19.2 Å². The maximum atomic E-state index is 15.8. The van der Waals surface area contributed by atoms with Crippen molar-refractivity contribution in [3.63, 3.8) is 0 Å². The predicted molar refractivity (Wildman–Crippen MR) is 143 cm³/mol. The van der Waals surface area contributed by atoms with Crippen LogP contribution >= 0.6 is 11.6 Å². The van der Waals surface area contributed by atoms with Gasteiger partial charge in [-0.05, 0) is 48.9 Å². The fourth-order valence-corrected chi connectivity index (χ4v) is 4.78. The molecule has 0 radical (unpaired) electrons. The van der Waals surface area contributed by atoms with E-state index >= 15 is 8.78 Å². The molecular formula is C29H31ClF2O10. The number of hydrogen-bond donors (Lipinski definition) is 0. The van der Waals surface area contributed by atoms with Gasteiger partial charge in [-0.15, -0.1) is 0 Å². The number of hydrogen-bond acceptors (Lipinski definition) is 10. The summed E-state index contributed by atoms with van der Waals surface area (Å²) < 4.78 is 64.4. The summed E-state index contributed by atoms with van der Waals surface area (Å²) in [5, 5.41) is -0.261. The average molecular weight is 613 g/mol. The van der Waals surface area contributed by atoms with Gasteiger partial charge in [0.15, 0.2) is 18.3 Å². The molecule has 2 aromatic carbocycles. The fraction of sp³-hybridized carbons (Fsp3) is 0.448. The fourth-order valence-electron chi connectivity index (χ4n) is 4.54. The van der Waals surface area contributed by atoms with Crippen molar-refractivity contribution in [2.24, 2.45) is 0 Å². The zero-order chi connectivity index (χ0) is 31.2. The first-order valence-electron chi connectivity index (χ1n) is 13.0. The van der Waals surface area contributed by atoms with E-state index in [2.05, 4.69) is 0 Å². The first-order valence-corrected chi connectivity index (χ1v) is 13.3. The molecule has 0 bridgehead atoms. The number of halogens is 3. The molecule has 10 nitrogen and oxygen atoms in total. The minimum atomic E-state index is -3.59. The number of carbonyl (C=O) groups excluding carboxylic acids is 4. The van der Waals surface area contributed by atoms with Crippen LogP contribution in [0.15, 0.2) is 42.5 Å². The van der Waals surface area contributed by atoms with Gasteiger partial charge in [-0.3, -0.25) is 19.2 Å². The van der Waals surface area contributed by atoms with Crippen LogP contribution in [-0.4, -0.2) is 61.5 Å². The van der Waals surface area contributed by atoms with Crippen molar-refractivity contribution in [1.82, 2.24) is 0 Å². The second kappa shape index (κ2) is 13.9. The Morgan fingerprint density at radius 2 is 1.40 bits per heavy atom. The van der Waals surface area contributed by atoms with Gasteiger partial charge >= 0.3 is 23.9 Å². The molecule has 1 fully saturated rings. The Morgan fingerprint density at radius 3 is 1.95 bits per heavy atom. The van der Waals surface area contributed by atoms with Crippen LogP contribution in [0.4, 0.5) is 8.78 Å². The monoisotopic (exact) mass is 612 g/mol. The third-order valence-corrected chi connectivity index (χ3v) is 6.51. The Bertz CT molecular complexity index is 1300. The Kier molecular flexibility index (Phi) is 10.9. The van der Waals surface area contributed by atoms with Gasteiger partial charge < -0.3 is 28.4 Å². The molecule has 228 valence electrons. The minimum absolute atomic E-state index is 0.0671. The topological polar surface area (TPSA) is 124 Å². The zero-order valence-corrected chi connectivity index (χ0v) is 24.3. The van der Waals surface area contributed by atoms with Crippen LogP contribution in [0.3, 0.4) is 0 Å². The summed E-state index contributed by atoms with van der Waals surface area (Å²) in [6, 6.07) is 8.92. The van der Waals surface area contributed by atoms with Crippen molar-refractivity contribution < 1.29 is 56.4 Å². The minimum Gasteiger partial charge on any atom is -0.494 e. The number of carbonyl (C=O) groups is 4. The molecule has 0 unspecified atom stereocenters. The Labute approximate surface area is 246 Å². The van der Waals surface area contributed by atoms with Gasteiger partial charge in [0.2, 0.25) is 0 Å². The molecule has 2 aromatic rings. The molecule has 0 N–H and O–H groups in total. The molecule has 0 spiro atoms. The van der Waals surface area contributed by atoms with E-state index in [4.69, 9.17) is 40.0 Å². The summed E-state index contributed by atoms with van der Waals surface area (Å²) >= 11 is 6.25. The number of ether oxygens (including phenoxy) is 6. The zero-order valence-electron chi connectivity index (χ0n) is 23.6. The molecule has 1 saturated heterocycles. The lowest BCUT2D eigenvalue weighted by molar-refractivity contribution is -0.254. The molecular weight excluding hydrogens is 582 g/mol. The molecule has 1 heterocycles. The van der Waals surface area contributed by atoms with Crippen molar-refractivity contribution in [3.8, 4) is 5.75 Å². The van der Waals surface area contributed by atoms with Crippen molar-refractivity contribution in [3.05, 3.63) is 64.2 Å². The van der Waals surface area contributed by atoms with Crippen molar-refractivity contribution in [2.75, 3.05) is 13.2 Å². The molecule has 1 aliphatic heterocycles. The van der Waals surface area contributed by atoms with E-state index < -0.39 is 72.5 Å². The van der Waals surface area contributed by atoms with Gasteiger partial charge in [-0.1, -0.05) is 17.7 Å². The van der Waals surface area contributed by atoms with E-state index in [1.807, 2.05) is 0 Å². The molecule has 3 rings (SSSR count). The van der Waals surface area contributed by atoms with Crippen LogP contribution in [0.5, 0.6) is 5.75 Å². The molecule has 0 saturated carbocycles. The SMILES string of the molecule is CCOc1ccc(C(F)(F)c2cc([C@@H]3O[C@H](COC(C)=O)[C@@H](OC(C)=O)[C@H](OC(C)=O)[C@H]3OC(C)=O)ccc2Cl)cc1. The highest BCUT2D eigenvalue weighted by molar-refractivity contribution is 6.31. The summed E-state index contributed by atoms with van der Waals surface area (Å²) in [5.41, 5.74) is -0.886. The normalized spacial score (nSPS) is 22.0. The summed E-state index contributed by atoms with van der Waals surface area (Å²) in [4.78, 5) is 47.8. The standard InChI is InChI=1S/C29H31ClF2O10/c1-6-37-21-10-8-20(9-11-21)29(31,32)22-13-19(7-12-23(22)30)25-27(40-17(4)35)28(41-18(5)36)26(39-16(3)34)24(42-25)14-38-15(2)33/h7-13,24-28H,6,14H2,1-5H3/t24-,25+,26-,27+,28+/m1/s1. The first-order chi connectivity index (χ1) is 19.7. The third-order valence-electron chi connectivity index (χ3n) is 6.18. The van der Waals surface area contributed by atoms with Crippen LogP contribution in [0.1, 0.15) is 57.4 Å². The number of rotatable bonds is 10. The maximum absolute atomic E-state index is 15.8. The van der Waals surface area contributed by atoms with Crippen molar-refractivity contribution >= 4 is 35.5 Å². The largest absolute Gasteiger partial charge is 0.494 e. The number of benzene rings is 2. The Balaban J connectivity index is 2.12. The molecule has 13 heteroatoms. The molecule has 42 heavy (non-hydrogen) atoms. The predicted octanol–water partition coefficient (Wildman–Crippen LogP) is 4.68. The molecule has 0 aliphatic carbocycles. The highest BCUT2D eigenvalue weighted by Crippen LogP contribution is 2.44. The Morgan fingerprint density at radius 1 is 0.833 bits per heavy atom. The van der Waals surface area contributed by atoms with E-state index in [1.54, 1.807) is 6.92 Å². The van der Waals surface area contributed by atoms with Crippen molar-refractivity contribution in [2.45, 2.75) is 71.1 Å². The van der Waals surface area contributed by atoms with Crippen LogP contribution in [-0.2, 0) is 48.8 Å². The van der Waals surface area contributed by atoms with Crippen LogP contribution in [0, 0.1) is 0 Å². The van der Waals surface area contributed by atoms with Crippen LogP contribution in [0.25, 0.3) is 0 Å². The quantitative estimate of drug-likeness (QED) is 0.276. The smallest absolute Gasteiger partial charge is 0.303 e. The summed E-state index contributed by atoms with van der Waals surface area (Å²) in [5.74, 6) is -6.30. The first kappa shape index (κ1) is 32.7. The van der Waals surface area contributed by atoms with Gasteiger partial charge in [-0.25, -0.2) is 0 Å².